The van der Waals surface area contributed by atoms with E-state index in [1.807, 2.05) is 6.92 Å². The number of ketones is 1. The number of benzene rings is 1. The Morgan fingerprint density at radius 2 is 1.96 bits per heavy atom. The molecule has 1 aliphatic rings. The summed E-state index contributed by atoms with van der Waals surface area (Å²) in [6.45, 7) is 4.66. The Bertz CT molecular complexity index is 944. The van der Waals surface area contributed by atoms with Crippen molar-refractivity contribution in [2.75, 3.05) is 5.32 Å². The summed E-state index contributed by atoms with van der Waals surface area (Å²) in [6.07, 6.45) is 0.715. The fourth-order valence-corrected chi connectivity index (χ4v) is 3.12. The lowest BCUT2D eigenvalue weighted by atomic mass is 9.99. The Hall–Kier alpha value is -2.93. The Morgan fingerprint density at radius 3 is 2.61 bits per heavy atom. The molecule has 1 aromatic carbocycles. The highest BCUT2D eigenvalue weighted by Gasteiger charge is 2.40. The van der Waals surface area contributed by atoms with Gasteiger partial charge in [-0.2, -0.15) is 0 Å². The predicted octanol–water partition coefficient (Wildman–Crippen LogP) is 3.41. The first-order chi connectivity index (χ1) is 13.3. The zero-order chi connectivity index (χ0) is 20.4. The number of hydrogen-bond acceptors (Lipinski definition) is 7. The molecule has 2 heterocycles. The summed E-state index contributed by atoms with van der Waals surface area (Å²) in [7, 11) is 0. The van der Waals surface area contributed by atoms with E-state index >= 15 is 0 Å². The quantitative estimate of drug-likeness (QED) is 0.465. The van der Waals surface area contributed by atoms with Crippen LogP contribution in [0.3, 0.4) is 0 Å². The second kappa shape index (κ2) is 7.98. The van der Waals surface area contributed by atoms with Crippen LogP contribution in [0.4, 0.5) is 5.69 Å². The van der Waals surface area contributed by atoms with Gasteiger partial charge in [-0.05, 0) is 43.7 Å². The molecular formula is C20H19ClN2O5. The lowest BCUT2D eigenvalue weighted by molar-refractivity contribution is -0.146. The van der Waals surface area contributed by atoms with E-state index in [0.29, 0.717) is 11.3 Å². The van der Waals surface area contributed by atoms with Gasteiger partial charge in [-0.15, -0.1) is 0 Å². The van der Waals surface area contributed by atoms with Gasteiger partial charge in [0.25, 0.3) is 0 Å². The molecule has 0 radical (unpaired) electrons. The number of halogens is 1. The van der Waals surface area contributed by atoms with E-state index in [-0.39, 0.29) is 17.0 Å². The van der Waals surface area contributed by atoms with Gasteiger partial charge in [0.05, 0.1) is 5.56 Å². The van der Waals surface area contributed by atoms with Crippen LogP contribution in [0.25, 0.3) is 0 Å². The SMILES string of the molecule is CC(=O)OC1c2ccc(C(=O)OC(C)Cl)cc2NC1C(=O)c1cc(C)ccn1. The summed E-state index contributed by atoms with van der Waals surface area (Å²) in [5.41, 5.74) is 1.74. The number of rotatable bonds is 5. The van der Waals surface area contributed by atoms with Crippen LogP contribution in [-0.2, 0) is 14.3 Å². The number of anilines is 1. The molecule has 1 aliphatic heterocycles. The van der Waals surface area contributed by atoms with Gasteiger partial charge in [-0.3, -0.25) is 14.6 Å². The maximum absolute atomic E-state index is 13.0. The molecule has 2 aromatic rings. The molecular weight excluding hydrogens is 384 g/mol. The average Bonchev–Trinajstić information content (AvgIpc) is 2.97. The minimum Gasteiger partial charge on any atom is -0.455 e. The highest BCUT2D eigenvalue weighted by Crippen LogP contribution is 2.39. The molecule has 0 bridgehead atoms. The van der Waals surface area contributed by atoms with Gasteiger partial charge in [-0.25, -0.2) is 4.79 Å². The van der Waals surface area contributed by atoms with Crippen molar-refractivity contribution in [2.24, 2.45) is 0 Å². The molecule has 0 aliphatic carbocycles. The van der Waals surface area contributed by atoms with Crippen molar-refractivity contribution in [3.05, 3.63) is 58.9 Å². The van der Waals surface area contributed by atoms with Crippen molar-refractivity contribution in [3.8, 4) is 0 Å². The van der Waals surface area contributed by atoms with E-state index in [1.165, 1.54) is 19.9 Å². The van der Waals surface area contributed by atoms with E-state index < -0.39 is 29.6 Å². The number of aromatic nitrogens is 1. The number of aryl methyl sites for hydroxylation is 1. The minimum atomic E-state index is -0.855. The molecule has 3 unspecified atom stereocenters. The van der Waals surface area contributed by atoms with Crippen LogP contribution in [-0.4, -0.2) is 34.3 Å². The first-order valence-electron chi connectivity index (χ1n) is 8.66. The fourth-order valence-electron chi connectivity index (χ4n) is 3.04. The summed E-state index contributed by atoms with van der Waals surface area (Å²) in [5, 5.41) is 3.05. The predicted molar refractivity (Wildman–Crippen MR) is 102 cm³/mol. The number of hydrogen-bond donors (Lipinski definition) is 1. The zero-order valence-electron chi connectivity index (χ0n) is 15.6. The first kappa shape index (κ1) is 19.8. The minimum absolute atomic E-state index is 0.262. The zero-order valence-corrected chi connectivity index (χ0v) is 16.3. The summed E-state index contributed by atoms with van der Waals surface area (Å²) in [4.78, 5) is 40.8. The van der Waals surface area contributed by atoms with E-state index in [4.69, 9.17) is 21.1 Å². The number of nitrogens with one attached hydrogen (secondary N) is 1. The number of carbonyl (C=O) groups is 3. The second-order valence-electron chi connectivity index (χ2n) is 6.49. The highest BCUT2D eigenvalue weighted by molar-refractivity contribution is 6.20. The normalized spacial score (nSPS) is 18.6. The standard InChI is InChI=1S/C20H19ClN2O5/c1-10-6-7-22-16(8-10)18(25)17-19(28-12(3)24)14-5-4-13(9-15(14)23-17)20(26)27-11(2)21/h4-9,11,17,19,23H,1-3H3. The number of ether oxygens (including phenoxy) is 2. The lowest BCUT2D eigenvalue weighted by Gasteiger charge is -2.19. The monoisotopic (exact) mass is 402 g/mol. The Morgan fingerprint density at radius 1 is 1.21 bits per heavy atom. The van der Waals surface area contributed by atoms with Crippen molar-refractivity contribution < 1.29 is 23.9 Å². The van der Waals surface area contributed by atoms with Gasteiger partial charge >= 0.3 is 11.9 Å². The first-order valence-corrected chi connectivity index (χ1v) is 9.09. The molecule has 1 aromatic heterocycles. The topological polar surface area (TPSA) is 94.6 Å². The van der Waals surface area contributed by atoms with Crippen LogP contribution >= 0.6 is 11.6 Å². The van der Waals surface area contributed by atoms with Crippen molar-refractivity contribution in [1.82, 2.24) is 4.98 Å². The summed E-state index contributed by atoms with van der Waals surface area (Å²) in [6, 6.07) is 7.31. The molecule has 0 saturated heterocycles. The van der Waals surface area contributed by atoms with Crippen molar-refractivity contribution in [1.29, 1.82) is 0 Å². The van der Waals surface area contributed by atoms with Crippen LogP contribution in [0.2, 0.25) is 0 Å². The molecule has 7 nitrogen and oxygen atoms in total. The average molecular weight is 403 g/mol. The maximum atomic E-state index is 13.0. The fraction of sp³-hybridized carbons (Fsp3) is 0.300. The number of fused-ring (bicyclic) bond motifs is 1. The number of Topliss-reactive ketones (excluding diaryl/α,β-unsaturated/α-hetero) is 1. The van der Waals surface area contributed by atoms with Gasteiger partial charge in [0.2, 0.25) is 5.78 Å². The van der Waals surface area contributed by atoms with Crippen LogP contribution in [0.15, 0.2) is 36.5 Å². The third-order valence-electron chi connectivity index (χ3n) is 4.22. The molecule has 0 spiro atoms. The summed E-state index contributed by atoms with van der Waals surface area (Å²) < 4.78 is 10.4. The number of esters is 2. The molecule has 0 fully saturated rings. The number of pyridine rings is 1. The lowest BCUT2D eigenvalue weighted by Crippen LogP contribution is -2.33. The third-order valence-corrected chi connectivity index (χ3v) is 4.31. The molecule has 28 heavy (non-hydrogen) atoms. The van der Waals surface area contributed by atoms with Crippen LogP contribution < -0.4 is 5.32 Å². The van der Waals surface area contributed by atoms with Crippen LogP contribution in [0.1, 0.15) is 51.9 Å². The van der Waals surface area contributed by atoms with E-state index in [1.54, 1.807) is 30.5 Å². The van der Waals surface area contributed by atoms with E-state index in [9.17, 15) is 14.4 Å². The van der Waals surface area contributed by atoms with Gasteiger partial charge in [-0.1, -0.05) is 17.7 Å². The molecule has 0 saturated carbocycles. The van der Waals surface area contributed by atoms with E-state index in [2.05, 4.69) is 10.3 Å². The maximum Gasteiger partial charge on any atom is 0.339 e. The molecule has 3 rings (SSSR count). The van der Waals surface area contributed by atoms with Gasteiger partial charge in [0.1, 0.15) is 11.7 Å². The molecule has 146 valence electrons. The van der Waals surface area contributed by atoms with Crippen LogP contribution in [0.5, 0.6) is 0 Å². The van der Waals surface area contributed by atoms with Crippen molar-refractivity contribution in [3.63, 3.8) is 0 Å². The number of nitrogens with zero attached hydrogens (tertiary/aromatic N) is 1. The number of alkyl halides is 1. The second-order valence-corrected chi connectivity index (χ2v) is 7.10. The third kappa shape index (κ3) is 4.14. The molecule has 1 N–H and O–H groups in total. The highest BCUT2D eigenvalue weighted by atomic mass is 35.5. The Labute approximate surface area is 167 Å². The number of carbonyl (C=O) groups excluding carboxylic acids is 3. The van der Waals surface area contributed by atoms with Crippen molar-refractivity contribution in [2.45, 2.75) is 38.5 Å². The Kier molecular flexibility index (Phi) is 5.65. The summed E-state index contributed by atoms with van der Waals surface area (Å²) >= 11 is 5.70. The van der Waals surface area contributed by atoms with Gasteiger partial charge in [0.15, 0.2) is 11.7 Å². The van der Waals surface area contributed by atoms with Crippen molar-refractivity contribution >= 4 is 35.0 Å². The van der Waals surface area contributed by atoms with Gasteiger partial charge in [0, 0.05) is 24.4 Å². The largest absolute Gasteiger partial charge is 0.455 e. The molecule has 8 heteroatoms. The summed E-state index contributed by atoms with van der Waals surface area (Å²) in [5.74, 6) is -1.43. The van der Waals surface area contributed by atoms with Crippen LogP contribution in [0, 0.1) is 6.92 Å². The van der Waals surface area contributed by atoms with E-state index in [0.717, 1.165) is 5.56 Å². The Balaban J connectivity index is 1.94. The smallest absolute Gasteiger partial charge is 0.339 e. The van der Waals surface area contributed by atoms with Gasteiger partial charge < -0.3 is 14.8 Å². The molecule has 0 amide bonds. The molecule has 3 atom stereocenters.